The van der Waals surface area contributed by atoms with Gasteiger partial charge in [-0.25, -0.2) is 4.79 Å². The van der Waals surface area contributed by atoms with Gasteiger partial charge in [-0.2, -0.15) is 0 Å². The zero-order valence-corrected chi connectivity index (χ0v) is 19.6. The predicted octanol–water partition coefficient (Wildman–Crippen LogP) is 6.43. The van der Waals surface area contributed by atoms with Crippen LogP contribution < -0.4 is 10.1 Å². The van der Waals surface area contributed by atoms with E-state index in [-0.39, 0.29) is 12.1 Å². The van der Waals surface area contributed by atoms with Crippen LogP contribution in [0.25, 0.3) is 10.9 Å². The first-order valence-electron chi connectivity index (χ1n) is 10.6. The van der Waals surface area contributed by atoms with Gasteiger partial charge in [-0.15, -0.1) is 0 Å². The summed E-state index contributed by atoms with van der Waals surface area (Å²) in [5, 5.41) is 4.23. The number of aryl methyl sites for hydroxylation is 1. The molecule has 0 radical (unpaired) electrons. The molecule has 0 spiro atoms. The van der Waals surface area contributed by atoms with Crippen LogP contribution >= 0.6 is 15.9 Å². The first kappa shape index (κ1) is 20.6. The maximum absolute atomic E-state index is 13.4. The molecule has 0 saturated heterocycles. The summed E-state index contributed by atoms with van der Waals surface area (Å²) >= 11 is 3.48. The largest absolute Gasteiger partial charge is 0.497 e. The van der Waals surface area contributed by atoms with Gasteiger partial charge in [0.25, 0.3) is 0 Å². The Bertz CT molecular complexity index is 1300. The highest BCUT2D eigenvalue weighted by Gasteiger charge is 2.34. The van der Waals surface area contributed by atoms with Gasteiger partial charge in [0, 0.05) is 33.3 Å². The molecule has 6 heteroatoms. The van der Waals surface area contributed by atoms with Crippen molar-refractivity contribution in [1.82, 2.24) is 9.88 Å². The van der Waals surface area contributed by atoms with E-state index in [1.165, 1.54) is 11.1 Å². The minimum Gasteiger partial charge on any atom is -0.497 e. The normalized spacial score (nSPS) is 15.5. The van der Waals surface area contributed by atoms with E-state index < -0.39 is 0 Å². The molecule has 1 atom stereocenters. The van der Waals surface area contributed by atoms with E-state index in [1.54, 1.807) is 7.11 Å². The fourth-order valence-corrected chi connectivity index (χ4v) is 4.87. The number of benzene rings is 3. The number of rotatable bonds is 3. The molecule has 0 unspecified atom stereocenters. The van der Waals surface area contributed by atoms with E-state index in [1.807, 2.05) is 41.3 Å². The molecule has 1 aromatic heterocycles. The fourth-order valence-electron chi connectivity index (χ4n) is 4.47. The number of halogens is 1. The number of urea groups is 1. The van der Waals surface area contributed by atoms with E-state index in [2.05, 4.69) is 63.5 Å². The number of hydrogen-bond acceptors (Lipinski definition) is 2. The molecule has 4 aromatic rings. The van der Waals surface area contributed by atoms with Gasteiger partial charge < -0.3 is 19.9 Å². The summed E-state index contributed by atoms with van der Waals surface area (Å²) < 4.78 is 6.38. The van der Waals surface area contributed by atoms with E-state index in [0.717, 1.165) is 44.5 Å². The lowest BCUT2D eigenvalue weighted by atomic mass is 9.92. The molecule has 162 valence electrons. The lowest BCUT2D eigenvalue weighted by Gasteiger charge is -2.36. The van der Waals surface area contributed by atoms with Crippen LogP contribution in [0.4, 0.5) is 10.5 Å². The average molecular weight is 490 g/mol. The Kier molecular flexibility index (Phi) is 5.39. The molecule has 5 nitrogen and oxygen atoms in total. The second-order valence-electron chi connectivity index (χ2n) is 8.13. The summed E-state index contributed by atoms with van der Waals surface area (Å²) in [6, 6.07) is 21.8. The monoisotopic (exact) mass is 489 g/mol. The Hall–Kier alpha value is -3.25. The molecule has 0 aliphatic carbocycles. The van der Waals surface area contributed by atoms with Crippen molar-refractivity contribution >= 4 is 38.6 Å². The minimum absolute atomic E-state index is 0.115. The molecule has 1 aliphatic heterocycles. The summed E-state index contributed by atoms with van der Waals surface area (Å²) in [6.07, 6.45) is 0.775. The van der Waals surface area contributed by atoms with Gasteiger partial charge in [-0.3, -0.25) is 0 Å². The zero-order chi connectivity index (χ0) is 22.2. The molecule has 32 heavy (non-hydrogen) atoms. The molecular weight excluding hydrogens is 466 g/mol. The molecule has 0 saturated carbocycles. The Morgan fingerprint density at radius 1 is 1.12 bits per heavy atom. The summed E-state index contributed by atoms with van der Waals surface area (Å²) in [7, 11) is 1.68. The molecule has 5 rings (SSSR count). The molecule has 0 fully saturated rings. The number of carbonyl (C=O) groups is 1. The molecule has 0 bridgehead atoms. The van der Waals surface area contributed by atoms with Gasteiger partial charge in [-0.1, -0.05) is 51.8 Å². The van der Waals surface area contributed by atoms with Crippen molar-refractivity contribution in [3.05, 3.63) is 93.6 Å². The highest BCUT2D eigenvalue weighted by molar-refractivity contribution is 9.10. The standard InChI is InChI=1S/C26H24BrN3O2/c1-16-6-8-17(9-7-16)25-24-21(22-15-20(32-2)10-11-23(22)29-24)12-13-30(25)26(31)28-19-5-3-4-18(27)14-19/h3-11,14-15,25,29H,12-13H2,1-2H3,(H,28,31)/t25-/m0/s1. The number of anilines is 1. The molecule has 1 aliphatic rings. The van der Waals surface area contributed by atoms with Crippen molar-refractivity contribution < 1.29 is 9.53 Å². The highest BCUT2D eigenvalue weighted by Crippen LogP contribution is 2.39. The summed E-state index contributed by atoms with van der Waals surface area (Å²) in [4.78, 5) is 18.9. The van der Waals surface area contributed by atoms with Crippen molar-refractivity contribution in [2.24, 2.45) is 0 Å². The molecule has 2 heterocycles. The lowest BCUT2D eigenvalue weighted by molar-refractivity contribution is 0.193. The lowest BCUT2D eigenvalue weighted by Crippen LogP contribution is -2.43. The van der Waals surface area contributed by atoms with E-state index in [0.29, 0.717) is 6.54 Å². The average Bonchev–Trinajstić information content (AvgIpc) is 3.17. The Balaban J connectivity index is 1.58. The van der Waals surface area contributed by atoms with Crippen molar-refractivity contribution in [3.8, 4) is 5.75 Å². The van der Waals surface area contributed by atoms with Crippen molar-refractivity contribution in [3.63, 3.8) is 0 Å². The van der Waals surface area contributed by atoms with Crippen molar-refractivity contribution in [2.75, 3.05) is 19.0 Å². The number of methoxy groups -OCH3 is 1. The Morgan fingerprint density at radius 3 is 2.69 bits per heavy atom. The summed E-state index contributed by atoms with van der Waals surface area (Å²) in [5.74, 6) is 0.834. The highest BCUT2D eigenvalue weighted by atomic mass is 79.9. The van der Waals surface area contributed by atoms with Crippen LogP contribution in [0.2, 0.25) is 0 Å². The number of nitrogens with zero attached hydrogens (tertiary/aromatic N) is 1. The van der Waals surface area contributed by atoms with Gasteiger partial charge in [0.15, 0.2) is 0 Å². The quantitative estimate of drug-likeness (QED) is 0.348. The SMILES string of the molecule is COc1ccc2[nH]c3c(c2c1)CCN(C(=O)Nc1cccc(Br)c1)[C@H]3c1ccc(C)cc1. The van der Waals surface area contributed by atoms with Crippen LogP contribution in [0.5, 0.6) is 5.75 Å². The van der Waals surface area contributed by atoms with Crippen molar-refractivity contribution in [1.29, 1.82) is 0 Å². The first-order chi connectivity index (χ1) is 15.5. The number of aromatic amines is 1. The van der Waals surface area contributed by atoms with Crippen LogP contribution in [-0.4, -0.2) is 29.6 Å². The smallest absolute Gasteiger partial charge is 0.322 e. The van der Waals surface area contributed by atoms with Crippen LogP contribution in [0.15, 0.2) is 71.2 Å². The Labute approximate surface area is 195 Å². The predicted molar refractivity (Wildman–Crippen MR) is 131 cm³/mol. The fraction of sp³-hybridized carbons (Fsp3) is 0.192. The number of hydrogen-bond donors (Lipinski definition) is 2. The maximum atomic E-state index is 13.4. The zero-order valence-electron chi connectivity index (χ0n) is 18.0. The van der Waals surface area contributed by atoms with Crippen LogP contribution in [-0.2, 0) is 6.42 Å². The third kappa shape index (κ3) is 3.75. The molecule has 3 aromatic carbocycles. The maximum Gasteiger partial charge on any atom is 0.322 e. The molecule has 2 N–H and O–H groups in total. The van der Waals surface area contributed by atoms with Gasteiger partial charge in [0.1, 0.15) is 5.75 Å². The third-order valence-corrected chi connectivity index (χ3v) is 6.56. The van der Waals surface area contributed by atoms with E-state index in [4.69, 9.17) is 4.74 Å². The van der Waals surface area contributed by atoms with Gasteiger partial charge >= 0.3 is 6.03 Å². The molecular formula is C26H24BrN3O2. The molecule has 2 amide bonds. The van der Waals surface area contributed by atoms with E-state index >= 15 is 0 Å². The second-order valence-corrected chi connectivity index (χ2v) is 9.04. The van der Waals surface area contributed by atoms with E-state index in [9.17, 15) is 4.79 Å². The topological polar surface area (TPSA) is 57.4 Å². The Morgan fingerprint density at radius 2 is 1.94 bits per heavy atom. The summed E-state index contributed by atoms with van der Waals surface area (Å²) in [5.41, 5.74) is 6.40. The van der Waals surface area contributed by atoms with Gasteiger partial charge in [0.2, 0.25) is 0 Å². The number of nitrogens with one attached hydrogen (secondary N) is 2. The van der Waals surface area contributed by atoms with Gasteiger partial charge in [-0.05, 0) is 60.9 Å². The number of H-pyrrole nitrogens is 1. The van der Waals surface area contributed by atoms with Gasteiger partial charge in [0.05, 0.1) is 13.2 Å². The van der Waals surface area contributed by atoms with Crippen LogP contribution in [0, 0.1) is 6.92 Å². The number of amides is 2. The number of ether oxygens (including phenoxy) is 1. The van der Waals surface area contributed by atoms with Crippen molar-refractivity contribution in [2.45, 2.75) is 19.4 Å². The van der Waals surface area contributed by atoms with Crippen LogP contribution in [0.3, 0.4) is 0 Å². The number of fused-ring (bicyclic) bond motifs is 3. The minimum atomic E-state index is -0.204. The van der Waals surface area contributed by atoms with Crippen LogP contribution in [0.1, 0.15) is 28.4 Å². The number of aromatic nitrogens is 1. The third-order valence-electron chi connectivity index (χ3n) is 6.06. The number of carbonyl (C=O) groups excluding carboxylic acids is 1. The first-order valence-corrected chi connectivity index (χ1v) is 11.4. The second kappa shape index (κ2) is 8.36. The summed E-state index contributed by atoms with van der Waals surface area (Å²) in [6.45, 7) is 2.69.